The molecule has 0 aliphatic carbocycles. The molecule has 0 saturated carbocycles. The first-order valence-electron chi connectivity index (χ1n) is 16.6. The average Bonchev–Trinajstić information content (AvgIpc) is 3.34. The van der Waals surface area contributed by atoms with Gasteiger partial charge in [0.05, 0.1) is 82.7 Å². The van der Waals surface area contributed by atoms with Gasteiger partial charge in [0.15, 0.2) is 0 Å². The van der Waals surface area contributed by atoms with Crippen molar-refractivity contribution in [2.75, 3.05) is 66.0 Å². The molecule has 9 nitrogen and oxygen atoms in total. The molecule has 2 aromatic rings. The number of amides is 1. The minimum absolute atomic E-state index is 0.0232. The fraction of sp³-hybridized carbons (Fsp3) is 0.611. The Labute approximate surface area is 298 Å². The van der Waals surface area contributed by atoms with E-state index in [-0.39, 0.29) is 45.8 Å². The third kappa shape index (κ3) is 11.8. The third-order valence-corrected chi connectivity index (χ3v) is 8.60. The van der Waals surface area contributed by atoms with Crippen LogP contribution in [-0.2, 0) is 33.9 Å². The first-order chi connectivity index (χ1) is 23.3. The highest BCUT2D eigenvalue weighted by atomic mass is 35.5. The Morgan fingerprint density at radius 3 is 2.10 bits per heavy atom. The summed E-state index contributed by atoms with van der Waals surface area (Å²) in [6.07, 6.45) is 0.558. The summed E-state index contributed by atoms with van der Waals surface area (Å²) in [5, 5.41) is 17.1. The second-order valence-electron chi connectivity index (χ2n) is 13.3. The monoisotopic (exact) mass is 727 g/mol. The quantitative estimate of drug-likeness (QED) is 0.155. The van der Waals surface area contributed by atoms with Crippen molar-refractivity contribution in [1.29, 1.82) is 5.26 Å². The Hall–Kier alpha value is -2.40. The zero-order chi connectivity index (χ0) is 36.0. The molecule has 13 heteroatoms. The SMILES string of the molecule is CC(C)OCCOCCOCCOCCOCCNC(=O)[C@H]1N[C@H](CC(C)(C)C)[C@@](C#N)(c2ccc(Cl)cc2F)[C@@H]1c1cccc(Cl)c1F. The van der Waals surface area contributed by atoms with E-state index in [1.807, 2.05) is 34.6 Å². The van der Waals surface area contributed by atoms with Crippen molar-refractivity contribution >= 4 is 29.1 Å². The third-order valence-electron chi connectivity index (χ3n) is 8.07. The molecule has 1 amide bonds. The van der Waals surface area contributed by atoms with Crippen molar-refractivity contribution in [2.24, 2.45) is 5.41 Å². The van der Waals surface area contributed by atoms with E-state index in [1.54, 1.807) is 6.07 Å². The number of benzene rings is 2. The van der Waals surface area contributed by atoms with Crippen molar-refractivity contribution in [1.82, 2.24) is 10.6 Å². The van der Waals surface area contributed by atoms with Crippen LogP contribution in [0.1, 0.15) is 58.1 Å². The number of ether oxygens (including phenoxy) is 5. The molecule has 4 atom stereocenters. The van der Waals surface area contributed by atoms with Gasteiger partial charge in [-0.25, -0.2) is 8.78 Å². The molecule has 1 aliphatic rings. The second-order valence-corrected chi connectivity index (χ2v) is 14.2. The topological polar surface area (TPSA) is 111 Å². The summed E-state index contributed by atoms with van der Waals surface area (Å²) in [7, 11) is 0. The van der Waals surface area contributed by atoms with Crippen molar-refractivity contribution in [3.8, 4) is 6.07 Å². The van der Waals surface area contributed by atoms with Gasteiger partial charge in [-0.15, -0.1) is 0 Å². The van der Waals surface area contributed by atoms with Crippen LogP contribution >= 0.6 is 23.2 Å². The van der Waals surface area contributed by atoms with Crippen molar-refractivity contribution < 1.29 is 37.3 Å². The van der Waals surface area contributed by atoms with Gasteiger partial charge in [-0.3, -0.25) is 4.79 Å². The van der Waals surface area contributed by atoms with E-state index in [1.165, 1.54) is 24.3 Å². The molecule has 3 rings (SSSR count). The number of rotatable bonds is 20. The molecule has 1 saturated heterocycles. The predicted molar refractivity (Wildman–Crippen MR) is 185 cm³/mol. The fourth-order valence-electron chi connectivity index (χ4n) is 6.02. The van der Waals surface area contributed by atoms with E-state index in [0.717, 1.165) is 6.07 Å². The van der Waals surface area contributed by atoms with Gasteiger partial charge in [-0.2, -0.15) is 5.26 Å². The normalized spacial score (nSPS) is 20.9. The molecule has 0 radical (unpaired) electrons. The Morgan fingerprint density at radius 2 is 1.55 bits per heavy atom. The fourth-order valence-corrected chi connectivity index (χ4v) is 6.36. The first kappa shape index (κ1) is 41.0. The number of nitrogens with one attached hydrogen (secondary N) is 2. The Balaban J connectivity index is 1.60. The van der Waals surface area contributed by atoms with E-state index in [9.17, 15) is 10.1 Å². The summed E-state index contributed by atoms with van der Waals surface area (Å²) in [5.74, 6) is -3.11. The maximum Gasteiger partial charge on any atom is 0.237 e. The highest BCUT2D eigenvalue weighted by Gasteiger charge is 2.61. The summed E-state index contributed by atoms with van der Waals surface area (Å²) in [6.45, 7) is 13.7. The molecule has 1 aliphatic heterocycles. The van der Waals surface area contributed by atoms with E-state index in [4.69, 9.17) is 46.9 Å². The molecular formula is C36H49Cl2F2N3O6. The molecular weight excluding hydrogens is 679 g/mol. The van der Waals surface area contributed by atoms with Crippen molar-refractivity contribution in [3.05, 3.63) is 69.2 Å². The smallest absolute Gasteiger partial charge is 0.237 e. The number of nitriles is 1. The summed E-state index contributed by atoms with van der Waals surface area (Å²) in [6, 6.07) is 8.98. The highest BCUT2D eigenvalue weighted by molar-refractivity contribution is 6.31. The molecule has 0 bridgehead atoms. The predicted octanol–water partition coefficient (Wildman–Crippen LogP) is 6.20. The lowest BCUT2D eigenvalue weighted by Crippen LogP contribution is -2.46. The molecule has 49 heavy (non-hydrogen) atoms. The van der Waals surface area contributed by atoms with Crippen molar-refractivity contribution in [3.63, 3.8) is 0 Å². The van der Waals surface area contributed by atoms with Crippen LogP contribution in [0.3, 0.4) is 0 Å². The maximum atomic E-state index is 15.8. The van der Waals surface area contributed by atoms with Crippen LogP contribution in [0.5, 0.6) is 0 Å². The molecule has 1 heterocycles. The number of hydrogen-bond donors (Lipinski definition) is 2. The standard InChI is InChI=1S/C36H49Cl2F2N3O6/c1-24(2)49-20-19-48-18-17-47-16-15-46-14-13-45-12-11-42-34(44)33-31(26-7-6-8-28(38)32(26)40)36(23-41,30(43-33)22-35(3,4)5)27-10-9-25(37)21-29(27)39/h6-10,21,24,30-31,33,43H,11-20,22H2,1-5H3,(H,42,44)/t30-,31-,33+,36-/m1/s1. The average molecular weight is 729 g/mol. The van der Waals surface area contributed by atoms with Crippen LogP contribution in [0.25, 0.3) is 0 Å². The summed E-state index contributed by atoms with van der Waals surface area (Å²) < 4.78 is 58.9. The lowest BCUT2D eigenvalue weighted by molar-refractivity contribution is -0.123. The van der Waals surface area contributed by atoms with Gasteiger partial charge >= 0.3 is 0 Å². The molecule has 0 aromatic heterocycles. The highest BCUT2D eigenvalue weighted by Crippen LogP contribution is 2.52. The number of halogens is 4. The largest absolute Gasteiger partial charge is 0.377 e. The summed E-state index contributed by atoms with van der Waals surface area (Å²) in [5.41, 5.74) is -1.98. The molecule has 1 fully saturated rings. The van der Waals surface area contributed by atoms with E-state index >= 15 is 8.78 Å². The summed E-state index contributed by atoms with van der Waals surface area (Å²) >= 11 is 12.3. The lowest BCUT2D eigenvalue weighted by atomic mass is 9.62. The Bertz CT molecular complexity index is 1390. The van der Waals surface area contributed by atoms with Gasteiger partial charge < -0.3 is 34.3 Å². The van der Waals surface area contributed by atoms with Gasteiger partial charge in [0.2, 0.25) is 5.91 Å². The number of carbonyl (C=O) groups excluding carboxylic acids is 1. The Morgan fingerprint density at radius 1 is 0.959 bits per heavy atom. The van der Waals surface area contributed by atoms with Gasteiger partial charge in [-0.1, -0.05) is 62.2 Å². The van der Waals surface area contributed by atoms with Gasteiger partial charge in [0.25, 0.3) is 0 Å². The minimum Gasteiger partial charge on any atom is -0.377 e. The van der Waals surface area contributed by atoms with Crippen LogP contribution in [0, 0.1) is 28.4 Å². The number of hydrogen-bond acceptors (Lipinski definition) is 8. The van der Waals surface area contributed by atoms with Crippen LogP contribution in [0.4, 0.5) is 8.78 Å². The van der Waals surface area contributed by atoms with Crippen LogP contribution < -0.4 is 10.6 Å². The first-order valence-corrected chi connectivity index (χ1v) is 17.3. The molecule has 0 unspecified atom stereocenters. The molecule has 2 aromatic carbocycles. The van der Waals surface area contributed by atoms with E-state index in [0.29, 0.717) is 59.3 Å². The van der Waals surface area contributed by atoms with E-state index in [2.05, 4.69) is 16.7 Å². The van der Waals surface area contributed by atoms with Crippen molar-refractivity contribution in [2.45, 2.75) is 70.6 Å². The van der Waals surface area contributed by atoms with Gasteiger partial charge in [0.1, 0.15) is 17.0 Å². The van der Waals surface area contributed by atoms with Crippen LogP contribution in [0.2, 0.25) is 10.0 Å². The molecule has 2 N–H and O–H groups in total. The zero-order valence-electron chi connectivity index (χ0n) is 29.0. The van der Waals surface area contributed by atoms with Crippen LogP contribution in [-0.4, -0.2) is 90.1 Å². The molecule has 0 spiro atoms. The molecule has 272 valence electrons. The van der Waals surface area contributed by atoms with Gasteiger partial charge in [-0.05, 0) is 49.4 Å². The maximum absolute atomic E-state index is 15.8. The minimum atomic E-state index is -1.69. The van der Waals surface area contributed by atoms with Gasteiger partial charge in [0, 0.05) is 29.1 Å². The number of nitrogens with zero attached hydrogens (tertiary/aromatic N) is 1. The summed E-state index contributed by atoms with van der Waals surface area (Å²) in [4.78, 5) is 13.8. The Kier molecular flexibility index (Phi) is 16.6. The van der Waals surface area contributed by atoms with E-state index < -0.39 is 41.0 Å². The van der Waals surface area contributed by atoms with Crippen LogP contribution in [0.15, 0.2) is 36.4 Å². The zero-order valence-corrected chi connectivity index (χ0v) is 30.5. The number of carbonyl (C=O) groups is 1. The second kappa shape index (κ2) is 19.8. The lowest BCUT2D eigenvalue weighted by Gasteiger charge is -2.37.